The number of carbonyl (C=O) groups excluding carboxylic acids is 1. The molecule has 0 aliphatic carbocycles. The molecule has 3 heterocycles. The molecule has 0 bridgehead atoms. The van der Waals surface area contributed by atoms with E-state index in [0.717, 1.165) is 43.4 Å². The highest BCUT2D eigenvalue weighted by Crippen LogP contribution is 2.13. The lowest BCUT2D eigenvalue weighted by Crippen LogP contribution is -2.52. The molecule has 1 saturated heterocycles. The van der Waals surface area contributed by atoms with Crippen molar-refractivity contribution < 1.29 is 4.79 Å². The van der Waals surface area contributed by atoms with Crippen molar-refractivity contribution in [2.75, 3.05) is 37.6 Å². The quantitative estimate of drug-likeness (QED) is 0.930. The standard InChI is InChI=1S/C16H21N5OS/c1-13-12-19-15(23-13)5-7-18-16(22)21-10-8-20(9-11-21)14-4-2-3-6-17-14/h2-4,6,12H,5,7-11H2,1H3,(H,18,22). The number of nitrogens with one attached hydrogen (secondary N) is 1. The number of nitrogens with zero attached hydrogens (tertiary/aromatic N) is 4. The van der Waals surface area contributed by atoms with Crippen LogP contribution in [0.1, 0.15) is 9.88 Å². The molecule has 0 aromatic carbocycles. The second kappa shape index (κ2) is 7.41. The van der Waals surface area contributed by atoms with Gasteiger partial charge in [0.2, 0.25) is 0 Å². The fourth-order valence-electron chi connectivity index (χ4n) is 2.58. The fourth-order valence-corrected chi connectivity index (χ4v) is 3.37. The van der Waals surface area contributed by atoms with Crippen LogP contribution in [0, 0.1) is 6.92 Å². The second-order valence-electron chi connectivity index (χ2n) is 5.51. The van der Waals surface area contributed by atoms with E-state index in [0.29, 0.717) is 6.54 Å². The summed E-state index contributed by atoms with van der Waals surface area (Å²) in [6.07, 6.45) is 4.46. The zero-order valence-corrected chi connectivity index (χ0v) is 14.1. The van der Waals surface area contributed by atoms with Crippen molar-refractivity contribution in [3.63, 3.8) is 0 Å². The van der Waals surface area contributed by atoms with Crippen molar-refractivity contribution in [2.24, 2.45) is 0 Å². The average molecular weight is 331 g/mol. The van der Waals surface area contributed by atoms with E-state index in [1.807, 2.05) is 36.2 Å². The number of amides is 2. The second-order valence-corrected chi connectivity index (χ2v) is 6.83. The van der Waals surface area contributed by atoms with E-state index in [4.69, 9.17) is 0 Å². The van der Waals surface area contributed by atoms with Gasteiger partial charge in [-0.2, -0.15) is 0 Å². The largest absolute Gasteiger partial charge is 0.353 e. The molecule has 0 atom stereocenters. The minimum absolute atomic E-state index is 0.0129. The van der Waals surface area contributed by atoms with Gasteiger partial charge in [0.1, 0.15) is 5.82 Å². The van der Waals surface area contributed by atoms with Crippen LogP contribution in [-0.4, -0.2) is 53.6 Å². The maximum atomic E-state index is 12.2. The summed E-state index contributed by atoms with van der Waals surface area (Å²) >= 11 is 1.68. The molecule has 23 heavy (non-hydrogen) atoms. The van der Waals surface area contributed by atoms with E-state index in [1.165, 1.54) is 4.88 Å². The van der Waals surface area contributed by atoms with Crippen LogP contribution in [0.5, 0.6) is 0 Å². The van der Waals surface area contributed by atoms with E-state index in [9.17, 15) is 4.79 Å². The van der Waals surface area contributed by atoms with Crippen molar-refractivity contribution in [2.45, 2.75) is 13.3 Å². The SMILES string of the molecule is Cc1cnc(CCNC(=O)N2CCN(c3ccccn3)CC2)s1. The summed E-state index contributed by atoms with van der Waals surface area (Å²) in [7, 11) is 0. The summed E-state index contributed by atoms with van der Waals surface area (Å²) in [6, 6.07) is 5.92. The Labute approximate surface area is 140 Å². The van der Waals surface area contributed by atoms with Crippen LogP contribution in [0.25, 0.3) is 0 Å². The van der Waals surface area contributed by atoms with Crippen molar-refractivity contribution >= 4 is 23.2 Å². The molecule has 0 unspecified atom stereocenters. The number of thiazole rings is 1. The molecule has 2 aromatic heterocycles. The smallest absolute Gasteiger partial charge is 0.317 e. The number of pyridine rings is 1. The van der Waals surface area contributed by atoms with Crippen LogP contribution in [0.3, 0.4) is 0 Å². The van der Waals surface area contributed by atoms with Crippen molar-refractivity contribution in [3.05, 3.63) is 40.5 Å². The molecule has 1 fully saturated rings. The number of hydrogen-bond donors (Lipinski definition) is 1. The molecule has 2 aromatic rings. The Balaban J connectivity index is 1.41. The molecule has 1 aliphatic heterocycles. The third-order valence-electron chi connectivity index (χ3n) is 3.82. The number of rotatable bonds is 4. The highest BCUT2D eigenvalue weighted by atomic mass is 32.1. The van der Waals surface area contributed by atoms with Gasteiger partial charge in [-0.1, -0.05) is 6.07 Å². The van der Waals surface area contributed by atoms with Crippen molar-refractivity contribution in [1.82, 2.24) is 20.2 Å². The van der Waals surface area contributed by atoms with E-state index in [-0.39, 0.29) is 6.03 Å². The van der Waals surface area contributed by atoms with Gasteiger partial charge in [0, 0.05) is 56.4 Å². The predicted molar refractivity (Wildman–Crippen MR) is 92.0 cm³/mol. The van der Waals surface area contributed by atoms with Crippen LogP contribution in [-0.2, 0) is 6.42 Å². The Morgan fingerprint density at radius 3 is 2.74 bits per heavy atom. The molecule has 2 amide bonds. The Kier molecular flexibility index (Phi) is 5.07. The Morgan fingerprint density at radius 2 is 2.09 bits per heavy atom. The van der Waals surface area contributed by atoms with Gasteiger partial charge in [-0.05, 0) is 19.1 Å². The summed E-state index contributed by atoms with van der Waals surface area (Å²) in [6.45, 7) is 5.75. The molecule has 1 aliphatic rings. The number of urea groups is 1. The van der Waals surface area contributed by atoms with Gasteiger partial charge in [-0.15, -0.1) is 11.3 Å². The number of hydrogen-bond acceptors (Lipinski definition) is 5. The Bertz CT molecular complexity index is 637. The first-order valence-corrected chi connectivity index (χ1v) is 8.64. The Hall–Kier alpha value is -2.15. The van der Waals surface area contributed by atoms with Crippen LogP contribution >= 0.6 is 11.3 Å². The summed E-state index contributed by atoms with van der Waals surface area (Å²) in [5.41, 5.74) is 0. The van der Waals surface area contributed by atoms with Gasteiger partial charge in [0.05, 0.1) is 5.01 Å². The molecule has 6 nitrogen and oxygen atoms in total. The molecular weight excluding hydrogens is 310 g/mol. The van der Waals surface area contributed by atoms with Crippen LogP contribution in [0.4, 0.5) is 10.6 Å². The number of anilines is 1. The minimum Gasteiger partial charge on any atom is -0.353 e. The molecule has 7 heteroatoms. The fraction of sp³-hybridized carbons (Fsp3) is 0.438. The van der Waals surface area contributed by atoms with E-state index in [2.05, 4.69) is 20.2 Å². The van der Waals surface area contributed by atoms with Crippen LogP contribution < -0.4 is 10.2 Å². The molecule has 0 saturated carbocycles. The minimum atomic E-state index is 0.0129. The van der Waals surface area contributed by atoms with Gasteiger partial charge in [-0.25, -0.2) is 14.8 Å². The van der Waals surface area contributed by atoms with Crippen LogP contribution in [0.15, 0.2) is 30.6 Å². The highest BCUT2D eigenvalue weighted by molar-refractivity contribution is 7.11. The number of piperazine rings is 1. The summed E-state index contributed by atoms with van der Waals surface area (Å²) in [4.78, 5) is 26.2. The molecule has 3 rings (SSSR count). The molecular formula is C16H21N5OS. The first kappa shape index (κ1) is 15.7. The lowest BCUT2D eigenvalue weighted by molar-refractivity contribution is 0.194. The highest BCUT2D eigenvalue weighted by Gasteiger charge is 2.21. The maximum Gasteiger partial charge on any atom is 0.317 e. The first-order valence-electron chi connectivity index (χ1n) is 7.82. The third-order valence-corrected chi connectivity index (χ3v) is 4.80. The summed E-state index contributed by atoms with van der Waals surface area (Å²) in [5.74, 6) is 0.978. The average Bonchev–Trinajstić information content (AvgIpc) is 3.01. The summed E-state index contributed by atoms with van der Waals surface area (Å²) in [5, 5.41) is 4.06. The molecule has 0 spiro atoms. The lowest BCUT2D eigenvalue weighted by atomic mass is 10.3. The third kappa shape index (κ3) is 4.19. The zero-order valence-electron chi connectivity index (χ0n) is 13.2. The topological polar surface area (TPSA) is 61.4 Å². The molecule has 0 radical (unpaired) electrons. The molecule has 122 valence electrons. The van der Waals surface area contributed by atoms with Gasteiger partial charge in [0.15, 0.2) is 0 Å². The zero-order chi connectivity index (χ0) is 16.1. The van der Waals surface area contributed by atoms with Gasteiger partial charge in [0.25, 0.3) is 0 Å². The predicted octanol–water partition coefficient (Wildman–Crippen LogP) is 1.92. The summed E-state index contributed by atoms with van der Waals surface area (Å²) < 4.78 is 0. The van der Waals surface area contributed by atoms with Crippen molar-refractivity contribution in [3.8, 4) is 0 Å². The molecule has 1 N–H and O–H groups in total. The van der Waals surface area contributed by atoms with E-state index in [1.54, 1.807) is 17.5 Å². The monoisotopic (exact) mass is 331 g/mol. The van der Waals surface area contributed by atoms with Crippen molar-refractivity contribution in [1.29, 1.82) is 0 Å². The van der Waals surface area contributed by atoms with Gasteiger partial charge in [-0.3, -0.25) is 0 Å². The number of aryl methyl sites for hydroxylation is 1. The first-order chi connectivity index (χ1) is 11.2. The van der Waals surface area contributed by atoms with E-state index >= 15 is 0 Å². The van der Waals surface area contributed by atoms with Crippen LogP contribution in [0.2, 0.25) is 0 Å². The van der Waals surface area contributed by atoms with E-state index < -0.39 is 0 Å². The Morgan fingerprint density at radius 1 is 1.26 bits per heavy atom. The van der Waals surface area contributed by atoms with Gasteiger partial charge >= 0.3 is 6.03 Å². The van der Waals surface area contributed by atoms with Gasteiger partial charge < -0.3 is 15.1 Å². The lowest BCUT2D eigenvalue weighted by Gasteiger charge is -2.35. The maximum absolute atomic E-state index is 12.2. The number of carbonyl (C=O) groups is 1. The normalized spacial score (nSPS) is 14.8. The number of aromatic nitrogens is 2.